The largest absolute Gasteiger partial charge is 0.352 e. The second-order valence-corrected chi connectivity index (χ2v) is 9.65. The number of imidazole rings is 1. The summed E-state index contributed by atoms with van der Waals surface area (Å²) in [5, 5.41) is 5.86. The summed E-state index contributed by atoms with van der Waals surface area (Å²) in [5.74, 6) is 0.853. The Balaban J connectivity index is 1.34. The number of thioether (sulfide) groups is 1. The number of carbonyl (C=O) groups is 2. The van der Waals surface area contributed by atoms with E-state index in [4.69, 9.17) is 0 Å². The van der Waals surface area contributed by atoms with Crippen molar-refractivity contribution >= 4 is 34.9 Å². The normalized spacial score (nSPS) is 11.1. The highest BCUT2D eigenvalue weighted by atomic mass is 32.2. The number of nitrogens with one attached hydrogen (secondary N) is 2. The molecule has 0 aliphatic rings. The van der Waals surface area contributed by atoms with Gasteiger partial charge in [-0.25, -0.2) is 4.98 Å². The van der Waals surface area contributed by atoms with Gasteiger partial charge in [0.25, 0.3) is 11.8 Å². The van der Waals surface area contributed by atoms with E-state index >= 15 is 0 Å². The van der Waals surface area contributed by atoms with Crippen molar-refractivity contribution in [2.24, 2.45) is 5.92 Å². The van der Waals surface area contributed by atoms with Crippen LogP contribution in [-0.4, -0.2) is 27.7 Å². The van der Waals surface area contributed by atoms with Crippen LogP contribution in [0.25, 0.3) is 5.65 Å². The maximum Gasteiger partial charge on any atom is 0.255 e. The minimum atomic E-state index is -0.183. The standard InChI is InChI=1S/C27H28N4O2S/c1-18(2)15-28-26(32)21-9-12-24(19(3)14-21)30-27(33)20-7-10-23(11-8-20)34-17-22-16-31-13-5-4-6-25(31)29-22/h4-14,16,18H,15,17H2,1-3H3,(H,28,32)(H,30,33). The third kappa shape index (κ3) is 5.85. The lowest BCUT2D eigenvalue weighted by Gasteiger charge is -2.12. The molecule has 6 nitrogen and oxygen atoms in total. The monoisotopic (exact) mass is 472 g/mol. The van der Waals surface area contributed by atoms with Gasteiger partial charge in [0.05, 0.1) is 5.69 Å². The van der Waals surface area contributed by atoms with E-state index in [2.05, 4.69) is 29.5 Å². The number of anilines is 1. The summed E-state index contributed by atoms with van der Waals surface area (Å²) < 4.78 is 2.01. The molecule has 0 radical (unpaired) electrons. The zero-order valence-corrected chi connectivity index (χ0v) is 20.4. The highest BCUT2D eigenvalue weighted by Gasteiger charge is 2.12. The predicted molar refractivity (Wildman–Crippen MR) is 137 cm³/mol. The number of benzene rings is 2. The Labute approximate surface area is 203 Å². The van der Waals surface area contributed by atoms with E-state index in [0.29, 0.717) is 29.3 Å². The Bertz CT molecular complexity index is 1280. The molecule has 0 spiro atoms. The number of aryl methyl sites for hydroxylation is 1. The Kier molecular flexibility index (Phi) is 7.33. The number of fused-ring (bicyclic) bond motifs is 1. The van der Waals surface area contributed by atoms with E-state index in [-0.39, 0.29) is 11.8 Å². The summed E-state index contributed by atoms with van der Waals surface area (Å²) in [7, 11) is 0. The summed E-state index contributed by atoms with van der Waals surface area (Å²) in [4.78, 5) is 30.7. The van der Waals surface area contributed by atoms with E-state index in [0.717, 1.165) is 27.6 Å². The minimum Gasteiger partial charge on any atom is -0.352 e. The third-order valence-corrected chi connectivity index (χ3v) is 6.37. The maximum absolute atomic E-state index is 12.7. The SMILES string of the molecule is Cc1cc(C(=O)NCC(C)C)ccc1NC(=O)c1ccc(SCc2cn3ccccc3n2)cc1. The number of pyridine rings is 1. The first-order chi connectivity index (χ1) is 16.4. The molecule has 0 bridgehead atoms. The van der Waals surface area contributed by atoms with Crippen LogP contribution in [0, 0.1) is 12.8 Å². The smallest absolute Gasteiger partial charge is 0.255 e. The molecule has 0 atom stereocenters. The molecule has 2 heterocycles. The molecule has 2 amide bonds. The van der Waals surface area contributed by atoms with Crippen molar-refractivity contribution in [1.29, 1.82) is 0 Å². The summed E-state index contributed by atoms with van der Waals surface area (Å²) in [6, 6.07) is 18.8. The van der Waals surface area contributed by atoms with E-state index in [1.165, 1.54) is 0 Å². The van der Waals surface area contributed by atoms with Crippen LogP contribution in [0.2, 0.25) is 0 Å². The lowest BCUT2D eigenvalue weighted by Crippen LogP contribution is -2.27. The van der Waals surface area contributed by atoms with E-state index in [9.17, 15) is 9.59 Å². The Morgan fingerprint density at radius 1 is 1.00 bits per heavy atom. The van der Waals surface area contributed by atoms with Crippen LogP contribution in [-0.2, 0) is 5.75 Å². The lowest BCUT2D eigenvalue weighted by molar-refractivity contribution is 0.0948. The lowest BCUT2D eigenvalue weighted by atomic mass is 10.1. The van der Waals surface area contributed by atoms with Crippen molar-refractivity contribution in [1.82, 2.24) is 14.7 Å². The molecular formula is C27H28N4O2S. The molecule has 174 valence electrons. The van der Waals surface area contributed by atoms with Crippen LogP contribution in [0.3, 0.4) is 0 Å². The Morgan fingerprint density at radius 3 is 2.47 bits per heavy atom. The highest BCUT2D eigenvalue weighted by Crippen LogP contribution is 2.24. The molecule has 4 rings (SSSR count). The van der Waals surface area contributed by atoms with Crippen LogP contribution < -0.4 is 10.6 Å². The molecule has 0 aliphatic carbocycles. The van der Waals surface area contributed by atoms with Gasteiger partial charge in [-0.2, -0.15) is 0 Å². The number of carbonyl (C=O) groups excluding carboxylic acids is 2. The van der Waals surface area contributed by atoms with E-state index in [1.54, 1.807) is 30.0 Å². The van der Waals surface area contributed by atoms with Crippen LogP contribution in [0.4, 0.5) is 5.69 Å². The fourth-order valence-corrected chi connectivity index (χ4v) is 4.24. The van der Waals surface area contributed by atoms with Gasteiger partial charge in [-0.05, 0) is 73.0 Å². The van der Waals surface area contributed by atoms with Crippen LogP contribution in [0.5, 0.6) is 0 Å². The zero-order chi connectivity index (χ0) is 24.1. The minimum absolute atomic E-state index is 0.105. The van der Waals surface area contributed by atoms with Crippen molar-refractivity contribution in [2.75, 3.05) is 11.9 Å². The van der Waals surface area contributed by atoms with Gasteiger partial charge in [-0.15, -0.1) is 11.8 Å². The van der Waals surface area contributed by atoms with Gasteiger partial charge < -0.3 is 15.0 Å². The number of hydrogen-bond acceptors (Lipinski definition) is 4. The Morgan fingerprint density at radius 2 is 1.76 bits per heavy atom. The molecule has 4 aromatic rings. The molecule has 0 unspecified atom stereocenters. The molecule has 2 aromatic carbocycles. The Hall–Kier alpha value is -3.58. The maximum atomic E-state index is 12.7. The van der Waals surface area contributed by atoms with Gasteiger partial charge in [0.2, 0.25) is 0 Å². The summed E-state index contributed by atoms with van der Waals surface area (Å²) in [6.45, 7) is 6.62. The van der Waals surface area contributed by atoms with Crippen LogP contribution in [0.1, 0.15) is 45.8 Å². The average Bonchev–Trinajstić information content (AvgIpc) is 3.26. The second-order valence-electron chi connectivity index (χ2n) is 8.60. The number of rotatable bonds is 8. The number of hydrogen-bond donors (Lipinski definition) is 2. The van der Waals surface area contributed by atoms with E-state index < -0.39 is 0 Å². The van der Waals surface area contributed by atoms with Crippen molar-refractivity contribution in [3.63, 3.8) is 0 Å². The molecule has 0 saturated carbocycles. The first-order valence-corrected chi connectivity index (χ1v) is 12.2. The van der Waals surface area contributed by atoms with Gasteiger partial charge in [-0.3, -0.25) is 9.59 Å². The highest BCUT2D eigenvalue weighted by molar-refractivity contribution is 7.98. The first kappa shape index (κ1) is 23.6. The first-order valence-electron chi connectivity index (χ1n) is 11.2. The van der Waals surface area contributed by atoms with Gasteiger partial charge >= 0.3 is 0 Å². The molecule has 7 heteroatoms. The van der Waals surface area contributed by atoms with Crippen molar-refractivity contribution < 1.29 is 9.59 Å². The topological polar surface area (TPSA) is 75.5 Å². The summed E-state index contributed by atoms with van der Waals surface area (Å²) in [6.07, 6.45) is 4.02. The van der Waals surface area contributed by atoms with Crippen LogP contribution in [0.15, 0.2) is 78.0 Å². The molecule has 0 saturated heterocycles. The molecule has 0 aliphatic heterocycles. The quantitative estimate of drug-likeness (QED) is 0.329. The molecule has 2 N–H and O–H groups in total. The fourth-order valence-electron chi connectivity index (χ4n) is 3.46. The summed E-state index contributed by atoms with van der Waals surface area (Å²) >= 11 is 1.68. The fraction of sp³-hybridized carbons (Fsp3) is 0.222. The molecular weight excluding hydrogens is 444 g/mol. The molecule has 0 fully saturated rings. The van der Waals surface area contributed by atoms with Gasteiger partial charge in [0.15, 0.2) is 0 Å². The summed E-state index contributed by atoms with van der Waals surface area (Å²) in [5.41, 5.74) is 4.64. The third-order valence-electron chi connectivity index (χ3n) is 5.32. The number of amides is 2. The number of aromatic nitrogens is 2. The van der Waals surface area contributed by atoms with Crippen molar-refractivity contribution in [2.45, 2.75) is 31.4 Å². The van der Waals surface area contributed by atoms with Gasteiger partial charge in [-0.1, -0.05) is 19.9 Å². The molecule has 2 aromatic heterocycles. The number of nitrogens with zero attached hydrogens (tertiary/aromatic N) is 2. The van der Waals surface area contributed by atoms with E-state index in [1.807, 2.05) is 66.2 Å². The van der Waals surface area contributed by atoms with Crippen molar-refractivity contribution in [3.8, 4) is 0 Å². The average molecular weight is 473 g/mol. The van der Waals surface area contributed by atoms with Gasteiger partial charge in [0.1, 0.15) is 5.65 Å². The van der Waals surface area contributed by atoms with Crippen LogP contribution >= 0.6 is 11.8 Å². The van der Waals surface area contributed by atoms with Crippen molar-refractivity contribution in [3.05, 3.63) is 95.4 Å². The second kappa shape index (κ2) is 10.6. The predicted octanol–water partition coefficient (Wildman–Crippen LogP) is 5.57. The van der Waals surface area contributed by atoms with Gasteiger partial charge in [0, 0.05) is 46.4 Å². The molecule has 34 heavy (non-hydrogen) atoms. The zero-order valence-electron chi connectivity index (χ0n) is 19.5.